The van der Waals surface area contributed by atoms with E-state index in [0.717, 1.165) is 5.56 Å². The molecule has 0 saturated carbocycles. The van der Waals surface area contributed by atoms with Crippen LogP contribution in [0.5, 0.6) is 0 Å². The fraction of sp³-hybridized carbons (Fsp3) is 0.0588. The molecule has 0 aliphatic rings. The number of hydrogen-bond acceptors (Lipinski definition) is 3. The lowest BCUT2D eigenvalue weighted by atomic mass is 10.1. The van der Waals surface area contributed by atoms with Gasteiger partial charge in [0.1, 0.15) is 12.7 Å². The molecule has 0 aliphatic heterocycles. The molecule has 2 rings (SSSR count). The van der Waals surface area contributed by atoms with Crippen molar-refractivity contribution in [3.05, 3.63) is 65.2 Å². The number of amides is 1. The van der Waals surface area contributed by atoms with Crippen molar-refractivity contribution < 1.29 is 9.90 Å². The molecule has 0 bridgehead atoms. The number of nitrogens with zero attached hydrogens (tertiary/aromatic N) is 1. The Morgan fingerprint density at radius 2 is 1.86 bits per heavy atom. The molecule has 1 amide bonds. The normalized spacial score (nSPS) is 9.14. The monoisotopic (exact) mass is 276 g/mol. The predicted octanol–water partition coefficient (Wildman–Crippen LogP) is 2.15. The number of aliphatic hydroxyl groups is 1. The predicted molar refractivity (Wildman–Crippen MR) is 79.5 cm³/mol. The highest BCUT2D eigenvalue weighted by molar-refractivity contribution is 6.04. The molecule has 0 fully saturated rings. The van der Waals surface area contributed by atoms with E-state index in [2.05, 4.69) is 17.2 Å². The SMILES string of the molecule is N#Cc1ccccc1NC(=O)c1ccc(C#CCO)cc1. The van der Waals surface area contributed by atoms with Crippen molar-refractivity contribution in [1.82, 2.24) is 0 Å². The van der Waals surface area contributed by atoms with Gasteiger partial charge in [-0.2, -0.15) is 5.26 Å². The number of carbonyl (C=O) groups excluding carboxylic acids is 1. The number of nitriles is 1. The molecule has 4 heteroatoms. The van der Waals surface area contributed by atoms with Crippen LogP contribution in [0.3, 0.4) is 0 Å². The van der Waals surface area contributed by atoms with Crippen molar-refractivity contribution in [3.63, 3.8) is 0 Å². The van der Waals surface area contributed by atoms with E-state index in [1.54, 1.807) is 48.5 Å². The summed E-state index contributed by atoms with van der Waals surface area (Å²) in [5.74, 6) is 5.00. The Bertz CT molecular complexity index is 747. The molecular formula is C17H12N2O2. The Kier molecular flexibility index (Phi) is 4.71. The van der Waals surface area contributed by atoms with Crippen LogP contribution < -0.4 is 5.32 Å². The highest BCUT2D eigenvalue weighted by atomic mass is 16.2. The van der Waals surface area contributed by atoms with E-state index in [9.17, 15) is 4.79 Å². The molecule has 4 nitrogen and oxygen atoms in total. The third kappa shape index (κ3) is 3.70. The lowest BCUT2D eigenvalue weighted by Gasteiger charge is -2.06. The number of benzene rings is 2. The van der Waals surface area contributed by atoms with E-state index in [1.807, 2.05) is 6.07 Å². The smallest absolute Gasteiger partial charge is 0.255 e. The van der Waals surface area contributed by atoms with Gasteiger partial charge in [-0.05, 0) is 36.4 Å². The van der Waals surface area contributed by atoms with Crippen LogP contribution in [0.2, 0.25) is 0 Å². The molecule has 0 spiro atoms. The second-order valence-electron chi connectivity index (χ2n) is 4.15. The zero-order valence-corrected chi connectivity index (χ0v) is 11.1. The van der Waals surface area contributed by atoms with Gasteiger partial charge in [0.05, 0.1) is 11.3 Å². The van der Waals surface area contributed by atoms with Crippen LogP contribution in [0.25, 0.3) is 0 Å². The summed E-state index contributed by atoms with van der Waals surface area (Å²) >= 11 is 0. The highest BCUT2D eigenvalue weighted by Crippen LogP contribution is 2.15. The van der Waals surface area contributed by atoms with E-state index >= 15 is 0 Å². The van der Waals surface area contributed by atoms with Crippen LogP contribution in [0.1, 0.15) is 21.5 Å². The molecule has 0 aromatic heterocycles. The van der Waals surface area contributed by atoms with Crippen molar-refractivity contribution in [3.8, 4) is 17.9 Å². The fourth-order valence-electron chi connectivity index (χ4n) is 1.73. The lowest BCUT2D eigenvalue weighted by molar-refractivity contribution is 0.102. The minimum atomic E-state index is -0.292. The number of para-hydroxylation sites is 1. The molecule has 102 valence electrons. The molecule has 21 heavy (non-hydrogen) atoms. The first-order chi connectivity index (χ1) is 10.2. The summed E-state index contributed by atoms with van der Waals surface area (Å²) in [5.41, 5.74) is 2.08. The van der Waals surface area contributed by atoms with Crippen LogP contribution in [0, 0.1) is 23.2 Å². The summed E-state index contributed by atoms with van der Waals surface area (Å²) in [6, 6.07) is 15.5. The third-order valence-corrected chi connectivity index (χ3v) is 2.75. The second kappa shape index (κ2) is 6.91. The van der Waals surface area contributed by atoms with Gasteiger partial charge in [-0.3, -0.25) is 4.79 Å². The first kappa shape index (κ1) is 14.3. The van der Waals surface area contributed by atoms with Crippen molar-refractivity contribution in [2.75, 3.05) is 11.9 Å². The Hall–Kier alpha value is -3.08. The number of rotatable bonds is 2. The van der Waals surface area contributed by atoms with Gasteiger partial charge in [-0.1, -0.05) is 24.0 Å². The maximum absolute atomic E-state index is 12.1. The summed E-state index contributed by atoms with van der Waals surface area (Å²) in [6.07, 6.45) is 0. The summed E-state index contributed by atoms with van der Waals surface area (Å²) in [5, 5.41) is 20.3. The first-order valence-electron chi connectivity index (χ1n) is 6.25. The van der Waals surface area contributed by atoms with Crippen LogP contribution in [0.4, 0.5) is 5.69 Å². The average molecular weight is 276 g/mol. The van der Waals surface area contributed by atoms with Gasteiger partial charge in [-0.25, -0.2) is 0 Å². The van der Waals surface area contributed by atoms with Crippen molar-refractivity contribution >= 4 is 11.6 Å². The molecule has 2 aromatic carbocycles. The number of carbonyl (C=O) groups is 1. The van der Waals surface area contributed by atoms with Crippen molar-refractivity contribution in [1.29, 1.82) is 5.26 Å². The van der Waals surface area contributed by atoms with Gasteiger partial charge in [0.2, 0.25) is 0 Å². The molecule has 0 aliphatic carbocycles. The fourth-order valence-corrected chi connectivity index (χ4v) is 1.73. The Morgan fingerprint density at radius 3 is 2.52 bits per heavy atom. The zero-order chi connectivity index (χ0) is 15.1. The minimum absolute atomic E-state index is 0.201. The molecule has 0 unspecified atom stereocenters. The van der Waals surface area contributed by atoms with Gasteiger partial charge in [0, 0.05) is 11.1 Å². The maximum Gasteiger partial charge on any atom is 0.255 e. The number of aliphatic hydroxyl groups excluding tert-OH is 1. The third-order valence-electron chi connectivity index (χ3n) is 2.75. The van der Waals surface area contributed by atoms with E-state index < -0.39 is 0 Å². The molecule has 2 aromatic rings. The number of nitrogens with one attached hydrogen (secondary N) is 1. The molecule has 0 atom stereocenters. The lowest BCUT2D eigenvalue weighted by Crippen LogP contribution is -2.12. The average Bonchev–Trinajstić information content (AvgIpc) is 2.54. The second-order valence-corrected chi connectivity index (χ2v) is 4.15. The Labute approximate surface area is 122 Å². The van der Waals surface area contributed by atoms with E-state index in [0.29, 0.717) is 16.8 Å². The summed E-state index contributed by atoms with van der Waals surface area (Å²) < 4.78 is 0. The van der Waals surface area contributed by atoms with Crippen LogP contribution in [0.15, 0.2) is 48.5 Å². The molecular weight excluding hydrogens is 264 g/mol. The van der Waals surface area contributed by atoms with Crippen molar-refractivity contribution in [2.45, 2.75) is 0 Å². The van der Waals surface area contributed by atoms with Gasteiger partial charge in [-0.15, -0.1) is 0 Å². The number of anilines is 1. The van der Waals surface area contributed by atoms with Gasteiger partial charge in [0.25, 0.3) is 5.91 Å². The minimum Gasteiger partial charge on any atom is -0.384 e. The van der Waals surface area contributed by atoms with Crippen LogP contribution in [-0.2, 0) is 0 Å². The van der Waals surface area contributed by atoms with Gasteiger partial charge in [0.15, 0.2) is 0 Å². The molecule has 0 saturated heterocycles. The summed E-state index contributed by atoms with van der Waals surface area (Å²) in [4.78, 5) is 12.1. The van der Waals surface area contributed by atoms with E-state index in [4.69, 9.17) is 10.4 Å². The molecule has 2 N–H and O–H groups in total. The Balaban J connectivity index is 2.15. The highest BCUT2D eigenvalue weighted by Gasteiger charge is 2.08. The summed E-state index contributed by atoms with van der Waals surface area (Å²) in [6.45, 7) is -0.201. The standard InChI is InChI=1S/C17H12N2O2/c18-12-15-5-1-2-6-16(15)19-17(21)14-9-7-13(8-10-14)4-3-11-20/h1-2,5-10,20H,11H2,(H,19,21). The van der Waals surface area contributed by atoms with Crippen LogP contribution in [-0.4, -0.2) is 17.6 Å². The van der Waals surface area contributed by atoms with E-state index in [1.165, 1.54) is 0 Å². The van der Waals surface area contributed by atoms with Crippen molar-refractivity contribution in [2.24, 2.45) is 0 Å². The van der Waals surface area contributed by atoms with Crippen LogP contribution >= 0.6 is 0 Å². The van der Waals surface area contributed by atoms with Gasteiger partial charge >= 0.3 is 0 Å². The largest absolute Gasteiger partial charge is 0.384 e. The van der Waals surface area contributed by atoms with E-state index in [-0.39, 0.29) is 12.5 Å². The molecule has 0 radical (unpaired) electrons. The molecule has 0 heterocycles. The topological polar surface area (TPSA) is 73.1 Å². The number of hydrogen-bond donors (Lipinski definition) is 2. The summed E-state index contributed by atoms with van der Waals surface area (Å²) in [7, 11) is 0. The van der Waals surface area contributed by atoms with Gasteiger partial charge < -0.3 is 10.4 Å². The Morgan fingerprint density at radius 1 is 1.14 bits per heavy atom. The zero-order valence-electron chi connectivity index (χ0n) is 11.1. The maximum atomic E-state index is 12.1. The quantitative estimate of drug-likeness (QED) is 0.825. The first-order valence-corrected chi connectivity index (χ1v) is 6.25.